The smallest absolute Gasteiger partial charge is 0.255 e. The van der Waals surface area contributed by atoms with Crippen LogP contribution >= 0.6 is 0 Å². The van der Waals surface area contributed by atoms with Crippen molar-refractivity contribution in [3.8, 4) is 5.75 Å². The lowest BCUT2D eigenvalue weighted by Gasteiger charge is -2.18. The van der Waals surface area contributed by atoms with Gasteiger partial charge in [0.1, 0.15) is 23.8 Å². The van der Waals surface area contributed by atoms with Crippen LogP contribution in [0.2, 0.25) is 0 Å². The van der Waals surface area contributed by atoms with Crippen molar-refractivity contribution in [1.82, 2.24) is 19.5 Å². The number of pyridine rings is 2. The van der Waals surface area contributed by atoms with Gasteiger partial charge in [-0.15, -0.1) is 0 Å². The van der Waals surface area contributed by atoms with Crippen LogP contribution in [0.5, 0.6) is 5.75 Å². The summed E-state index contributed by atoms with van der Waals surface area (Å²) in [4.78, 5) is 26.5. The molecule has 3 aromatic heterocycles. The van der Waals surface area contributed by atoms with E-state index in [1.165, 1.54) is 0 Å². The number of methoxy groups -OCH3 is 1. The number of ether oxygens (including phenoxy) is 2. The summed E-state index contributed by atoms with van der Waals surface area (Å²) in [5, 5.41) is 4.02. The van der Waals surface area contributed by atoms with E-state index >= 15 is 0 Å². The summed E-state index contributed by atoms with van der Waals surface area (Å²) in [6, 6.07) is 5.75. The van der Waals surface area contributed by atoms with Gasteiger partial charge in [-0.05, 0) is 37.5 Å². The quantitative estimate of drug-likeness (QED) is 0.568. The first-order valence-corrected chi connectivity index (χ1v) is 10.5. The number of aryl methyl sites for hydroxylation is 1. The van der Waals surface area contributed by atoms with E-state index < -0.39 is 0 Å². The maximum Gasteiger partial charge on any atom is 0.255 e. The maximum absolute atomic E-state index is 13.1. The Labute approximate surface area is 175 Å². The average Bonchev–Trinajstić information content (AvgIpc) is 3.29. The molecule has 0 radical (unpaired) electrons. The molecule has 3 heterocycles. The van der Waals surface area contributed by atoms with E-state index in [4.69, 9.17) is 9.47 Å². The summed E-state index contributed by atoms with van der Waals surface area (Å²) in [7, 11) is 1.63. The van der Waals surface area contributed by atoms with E-state index in [1.807, 2.05) is 23.6 Å². The van der Waals surface area contributed by atoms with Crippen molar-refractivity contribution in [1.29, 1.82) is 0 Å². The van der Waals surface area contributed by atoms with Gasteiger partial charge >= 0.3 is 0 Å². The van der Waals surface area contributed by atoms with Crippen LogP contribution in [0.25, 0.3) is 11.0 Å². The van der Waals surface area contributed by atoms with Gasteiger partial charge in [-0.1, -0.05) is 19.8 Å². The first kappa shape index (κ1) is 20.3. The molecule has 0 unspecified atom stereocenters. The van der Waals surface area contributed by atoms with Crippen molar-refractivity contribution in [2.45, 2.75) is 45.1 Å². The van der Waals surface area contributed by atoms with Crippen molar-refractivity contribution in [3.05, 3.63) is 46.5 Å². The molecule has 0 atom stereocenters. The number of aromatic nitrogens is 4. The second-order valence-corrected chi connectivity index (χ2v) is 7.45. The normalized spacial score (nSPS) is 14.3. The number of fused-ring (bicyclic) bond motifs is 1. The van der Waals surface area contributed by atoms with Crippen LogP contribution in [0, 0.1) is 0 Å². The molecule has 8 heteroatoms. The van der Waals surface area contributed by atoms with Gasteiger partial charge in [0.2, 0.25) is 5.95 Å². The van der Waals surface area contributed by atoms with Gasteiger partial charge in [0, 0.05) is 30.3 Å². The zero-order valence-electron chi connectivity index (χ0n) is 17.4. The standard InChI is InChI=1S/C22H27N5O3/c1-3-15-12-16-13-24-22(25-19-9-8-18(14-23-19)30-11-10-29-2)26-20(16)27(21(15)28)17-6-4-5-7-17/h8-9,12-14,17H,3-7,10-11H2,1-2H3,(H,23,24,25,26). The van der Waals surface area contributed by atoms with Gasteiger partial charge in [0.25, 0.3) is 5.56 Å². The summed E-state index contributed by atoms with van der Waals surface area (Å²) in [5.74, 6) is 1.69. The molecule has 30 heavy (non-hydrogen) atoms. The van der Waals surface area contributed by atoms with Gasteiger partial charge < -0.3 is 14.8 Å². The Kier molecular flexibility index (Phi) is 6.23. The van der Waals surface area contributed by atoms with Crippen molar-refractivity contribution < 1.29 is 9.47 Å². The lowest BCUT2D eigenvalue weighted by Crippen LogP contribution is -2.27. The Morgan fingerprint density at radius 2 is 2.00 bits per heavy atom. The van der Waals surface area contributed by atoms with E-state index in [1.54, 1.807) is 25.6 Å². The number of hydrogen-bond donors (Lipinski definition) is 1. The molecule has 158 valence electrons. The molecule has 4 rings (SSSR count). The molecule has 1 saturated carbocycles. The lowest BCUT2D eigenvalue weighted by atomic mass is 10.1. The highest BCUT2D eigenvalue weighted by Crippen LogP contribution is 2.31. The highest BCUT2D eigenvalue weighted by Gasteiger charge is 2.22. The van der Waals surface area contributed by atoms with Gasteiger partial charge in [0.15, 0.2) is 0 Å². The van der Waals surface area contributed by atoms with Gasteiger partial charge in [-0.25, -0.2) is 9.97 Å². The molecule has 1 fully saturated rings. The third kappa shape index (κ3) is 4.28. The van der Waals surface area contributed by atoms with Crippen LogP contribution in [0.1, 0.15) is 44.2 Å². The Hall–Kier alpha value is -3.00. The first-order chi connectivity index (χ1) is 14.7. The number of nitrogens with zero attached hydrogens (tertiary/aromatic N) is 4. The van der Waals surface area contributed by atoms with E-state index in [0.29, 0.717) is 42.8 Å². The second-order valence-electron chi connectivity index (χ2n) is 7.45. The highest BCUT2D eigenvalue weighted by atomic mass is 16.5. The van der Waals surface area contributed by atoms with Crippen LogP contribution < -0.4 is 15.6 Å². The summed E-state index contributed by atoms with van der Waals surface area (Å²) >= 11 is 0. The van der Waals surface area contributed by atoms with Crippen LogP contribution in [0.15, 0.2) is 35.4 Å². The zero-order chi connectivity index (χ0) is 20.9. The van der Waals surface area contributed by atoms with Crippen molar-refractivity contribution in [2.75, 3.05) is 25.6 Å². The molecular weight excluding hydrogens is 382 g/mol. The Bertz CT molecular complexity index is 1060. The van der Waals surface area contributed by atoms with Gasteiger partial charge in [-0.3, -0.25) is 9.36 Å². The predicted molar refractivity (Wildman–Crippen MR) is 116 cm³/mol. The molecule has 0 bridgehead atoms. The van der Waals surface area contributed by atoms with Crippen molar-refractivity contribution in [2.24, 2.45) is 0 Å². The fourth-order valence-electron chi connectivity index (χ4n) is 3.89. The van der Waals surface area contributed by atoms with Crippen LogP contribution in [0.3, 0.4) is 0 Å². The fraction of sp³-hybridized carbons (Fsp3) is 0.455. The molecule has 8 nitrogen and oxygen atoms in total. The number of hydrogen-bond acceptors (Lipinski definition) is 7. The fourth-order valence-corrected chi connectivity index (χ4v) is 3.89. The topological polar surface area (TPSA) is 91.2 Å². The van der Waals surface area contributed by atoms with Gasteiger partial charge in [-0.2, -0.15) is 4.98 Å². The molecule has 0 amide bonds. The average molecular weight is 409 g/mol. The third-order valence-electron chi connectivity index (χ3n) is 5.45. The molecule has 0 aliphatic heterocycles. The first-order valence-electron chi connectivity index (χ1n) is 10.5. The summed E-state index contributed by atoms with van der Waals surface area (Å²) in [5.41, 5.74) is 1.56. The number of rotatable bonds is 8. The van der Waals surface area contributed by atoms with Crippen LogP contribution in [-0.2, 0) is 11.2 Å². The minimum Gasteiger partial charge on any atom is -0.490 e. The Balaban J connectivity index is 1.62. The van der Waals surface area contributed by atoms with E-state index in [9.17, 15) is 4.79 Å². The molecule has 1 aliphatic rings. The van der Waals surface area contributed by atoms with Crippen molar-refractivity contribution >= 4 is 22.8 Å². The molecule has 0 spiro atoms. The lowest BCUT2D eigenvalue weighted by molar-refractivity contribution is 0.146. The summed E-state index contributed by atoms with van der Waals surface area (Å²) < 4.78 is 12.4. The van der Waals surface area contributed by atoms with Crippen molar-refractivity contribution in [3.63, 3.8) is 0 Å². The van der Waals surface area contributed by atoms with Gasteiger partial charge in [0.05, 0.1) is 12.8 Å². The van der Waals surface area contributed by atoms with E-state index in [0.717, 1.165) is 36.6 Å². The molecule has 0 aromatic carbocycles. The monoisotopic (exact) mass is 409 g/mol. The molecule has 0 saturated heterocycles. The van der Waals surface area contributed by atoms with Crippen LogP contribution in [-0.4, -0.2) is 39.8 Å². The highest BCUT2D eigenvalue weighted by molar-refractivity contribution is 5.76. The largest absolute Gasteiger partial charge is 0.490 e. The van der Waals surface area contributed by atoms with E-state index in [-0.39, 0.29) is 11.6 Å². The Morgan fingerprint density at radius 3 is 2.70 bits per heavy atom. The molecule has 3 aromatic rings. The predicted octanol–water partition coefficient (Wildman–Crippen LogP) is 3.63. The summed E-state index contributed by atoms with van der Waals surface area (Å²) in [6.45, 7) is 3.00. The second kappa shape index (κ2) is 9.21. The minimum atomic E-state index is 0.0669. The maximum atomic E-state index is 13.1. The minimum absolute atomic E-state index is 0.0669. The SMILES string of the molecule is CCc1cc2cnc(Nc3ccc(OCCOC)cn3)nc2n(C2CCCC2)c1=O. The third-order valence-corrected chi connectivity index (χ3v) is 5.45. The molecular formula is C22H27N5O3. The molecule has 1 N–H and O–H groups in total. The summed E-state index contributed by atoms with van der Waals surface area (Å²) in [6.07, 6.45) is 8.44. The zero-order valence-corrected chi connectivity index (χ0v) is 17.4. The number of nitrogens with one attached hydrogen (secondary N) is 1. The Morgan fingerprint density at radius 1 is 1.17 bits per heavy atom. The van der Waals surface area contributed by atoms with Crippen LogP contribution in [0.4, 0.5) is 11.8 Å². The number of anilines is 2. The van der Waals surface area contributed by atoms with E-state index in [2.05, 4.69) is 20.3 Å². The molecule has 1 aliphatic carbocycles.